The number of methoxy groups -OCH3 is 1. The van der Waals surface area contributed by atoms with Gasteiger partial charge in [0.15, 0.2) is 12.4 Å². The lowest BCUT2D eigenvalue weighted by Crippen LogP contribution is -2.42. The van der Waals surface area contributed by atoms with Gasteiger partial charge in [0.25, 0.3) is 5.91 Å². The molecule has 9 nitrogen and oxygen atoms in total. The molecule has 5 atom stereocenters. The Labute approximate surface area is 265 Å². The van der Waals surface area contributed by atoms with Gasteiger partial charge in [-0.15, -0.1) is 0 Å². The van der Waals surface area contributed by atoms with E-state index in [0.717, 1.165) is 65.7 Å². The minimum atomic E-state index is -0.852. The number of hydrogen-bond donors (Lipinski definition) is 2. The van der Waals surface area contributed by atoms with Gasteiger partial charge >= 0.3 is 5.97 Å². The maximum absolute atomic E-state index is 12.3. The van der Waals surface area contributed by atoms with E-state index >= 15 is 0 Å². The quantitative estimate of drug-likeness (QED) is 0.272. The molecule has 2 fully saturated rings. The van der Waals surface area contributed by atoms with Gasteiger partial charge in [-0.2, -0.15) is 0 Å². The highest BCUT2D eigenvalue weighted by molar-refractivity contribution is 5.82. The number of benzene rings is 3. The van der Waals surface area contributed by atoms with Crippen molar-refractivity contribution in [2.45, 2.75) is 76.9 Å². The van der Waals surface area contributed by atoms with Crippen LogP contribution in [0.5, 0.6) is 0 Å². The molecular weight excluding hydrogens is 572 g/mol. The Bertz CT molecular complexity index is 1430. The van der Waals surface area contributed by atoms with Crippen LogP contribution < -0.4 is 5.32 Å². The van der Waals surface area contributed by atoms with Crippen LogP contribution in [0.15, 0.2) is 72.8 Å². The number of nitrogens with zero attached hydrogens (tertiary/aromatic N) is 1. The molecule has 2 aliphatic rings. The van der Waals surface area contributed by atoms with Gasteiger partial charge in [-0.25, -0.2) is 0 Å². The lowest BCUT2D eigenvalue weighted by molar-refractivity contribution is -0.253. The number of nitrogens with one attached hydrogen (secondary N) is 1. The zero-order valence-electron chi connectivity index (χ0n) is 26.3. The summed E-state index contributed by atoms with van der Waals surface area (Å²) in [6, 6.07) is 24.5. The van der Waals surface area contributed by atoms with Crippen molar-refractivity contribution in [2.24, 2.45) is 0 Å². The average Bonchev–Trinajstić information content (AvgIpc) is 3.49. The second kappa shape index (κ2) is 15.6. The number of likely N-dealkylation sites (tertiary alicyclic amines) is 1. The van der Waals surface area contributed by atoms with Gasteiger partial charge in [0.05, 0.1) is 25.4 Å². The predicted molar refractivity (Wildman–Crippen MR) is 170 cm³/mol. The van der Waals surface area contributed by atoms with Crippen molar-refractivity contribution < 1.29 is 33.6 Å². The maximum atomic E-state index is 12.3. The molecule has 240 valence electrons. The molecule has 0 saturated carbocycles. The van der Waals surface area contributed by atoms with Gasteiger partial charge in [-0.3, -0.25) is 14.5 Å². The van der Waals surface area contributed by atoms with E-state index in [-0.39, 0.29) is 24.7 Å². The standard InChI is InChI=1S/C36H44N2O7/c1-24(43-25(2)40)35(41)37-20-27-7-4-8-29(17-27)30-9-5-10-31(18-30)36-44-33(21-38-16-6-11-32(38)23-42-3)19-34(45-36)28-14-12-26(22-39)13-15-28/h4-5,7-10,12-15,17-18,24,32-34,36,39H,6,11,16,19-23H2,1-3H3,(H,37,41). The third-order valence-corrected chi connectivity index (χ3v) is 8.51. The van der Waals surface area contributed by atoms with E-state index < -0.39 is 18.4 Å². The Morgan fingerprint density at radius 3 is 2.49 bits per heavy atom. The fourth-order valence-corrected chi connectivity index (χ4v) is 6.17. The van der Waals surface area contributed by atoms with Crippen molar-refractivity contribution in [1.82, 2.24) is 10.2 Å². The van der Waals surface area contributed by atoms with Crippen LogP contribution in [0.4, 0.5) is 0 Å². The maximum Gasteiger partial charge on any atom is 0.303 e. The Morgan fingerprint density at radius 1 is 1.00 bits per heavy atom. The Morgan fingerprint density at radius 2 is 1.76 bits per heavy atom. The smallest absolute Gasteiger partial charge is 0.303 e. The van der Waals surface area contributed by atoms with Gasteiger partial charge in [0.1, 0.15) is 0 Å². The average molecular weight is 617 g/mol. The second-order valence-electron chi connectivity index (χ2n) is 11.9. The summed E-state index contributed by atoms with van der Waals surface area (Å²) in [6.07, 6.45) is 1.41. The highest BCUT2D eigenvalue weighted by Gasteiger charge is 2.35. The number of carbonyl (C=O) groups is 2. The van der Waals surface area contributed by atoms with E-state index in [1.165, 1.54) is 6.92 Å². The first-order valence-corrected chi connectivity index (χ1v) is 15.7. The Balaban J connectivity index is 1.33. The van der Waals surface area contributed by atoms with Gasteiger partial charge < -0.3 is 29.4 Å². The molecule has 3 aromatic rings. The summed E-state index contributed by atoms with van der Waals surface area (Å²) in [5, 5.41) is 12.4. The summed E-state index contributed by atoms with van der Waals surface area (Å²) in [6.45, 7) is 5.71. The molecule has 0 aromatic heterocycles. The number of carbonyl (C=O) groups excluding carboxylic acids is 2. The van der Waals surface area contributed by atoms with Gasteiger partial charge in [-0.05, 0) is 66.3 Å². The number of amides is 1. The van der Waals surface area contributed by atoms with Crippen LogP contribution in [0.3, 0.4) is 0 Å². The molecule has 2 saturated heterocycles. The summed E-state index contributed by atoms with van der Waals surface area (Å²) in [4.78, 5) is 26.0. The molecule has 0 radical (unpaired) electrons. The van der Waals surface area contributed by atoms with Crippen LogP contribution in [-0.2, 0) is 41.7 Å². The zero-order chi connectivity index (χ0) is 31.8. The van der Waals surface area contributed by atoms with E-state index in [4.69, 9.17) is 18.9 Å². The van der Waals surface area contributed by atoms with Crippen LogP contribution >= 0.6 is 0 Å². The molecular formula is C36H44N2O7. The molecule has 0 aliphatic carbocycles. The van der Waals surface area contributed by atoms with Crippen LogP contribution in [0.1, 0.15) is 67.8 Å². The minimum absolute atomic E-state index is 0.00375. The van der Waals surface area contributed by atoms with E-state index in [2.05, 4.69) is 22.3 Å². The molecule has 3 aromatic carbocycles. The van der Waals surface area contributed by atoms with Gasteiger partial charge in [-0.1, -0.05) is 60.7 Å². The molecule has 5 unspecified atom stereocenters. The van der Waals surface area contributed by atoms with Crippen molar-refractivity contribution in [3.63, 3.8) is 0 Å². The number of aliphatic hydroxyl groups is 1. The molecule has 0 bridgehead atoms. The van der Waals surface area contributed by atoms with Crippen LogP contribution in [-0.4, -0.2) is 66.9 Å². The fourth-order valence-electron chi connectivity index (χ4n) is 6.17. The zero-order valence-corrected chi connectivity index (χ0v) is 26.3. The van der Waals surface area contributed by atoms with Gasteiger partial charge in [0, 0.05) is 45.1 Å². The molecule has 2 N–H and O–H groups in total. The number of ether oxygens (including phenoxy) is 4. The largest absolute Gasteiger partial charge is 0.453 e. The monoisotopic (exact) mass is 616 g/mol. The third kappa shape index (κ3) is 8.77. The van der Waals surface area contributed by atoms with Crippen molar-refractivity contribution in [1.29, 1.82) is 0 Å². The summed E-state index contributed by atoms with van der Waals surface area (Å²) in [5.41, 5.74) is 5.79. The number of rotatable bonds is 12. The normalized spacial score (nSPS) is 22.6. The first kappa shape index (κ1) is 32.8. The third-order valence-electron chi connectivity index (χ3n) is 8.51. The second-order valence-corrected chi connectivity index (χ2v) is 11.9. The molecule has 45 heavy (non-hydrogen) atoms. The molecule has 2 aliphatic heterocycles. The molecule has 2 heterocycles. The van der Waals surface area contributed by atoms with Crippen LogP contribution in [0.25, 0.3) is 11.1 Å². The fraction of sp³-hybridized carbons (Fsp3) is 0.444. The SMILES string of the molecule is COCC1CCCN1CC1CC(c2ccc(CO)cc2)OC(c2cccc(-c3cccc(CNC(=O)C(C)OC(C)=O)c3)c2)O1. The molecule has 1 amide bonds. The van der Waals surface area contributed by atoms with Crippen molar-refractivity contribution in [3.05, 3.63) is 95.1 Å². The van der Waals surface area contributed by atoms with E-state index in [1.54, 1.807) is 14.0 Å². The summed E-state index contributed by atoms with van der Waals surface area (Å²) in [5.74, 6) is -0.837. The van der Waals surface area contributed by atoms with E-state index in [1.807, 2.05) is 60.7 Å². The highest BCUT2D eigenvalue weighted by atomic mass is 16.7. The van der Waals surface area contributed by atoms with Crippen molar-refractivity contribution in [2.75, 3.05) is 26.8 Å². The first-order valence-electron chi connectivity index (χ1n) is 15.7. The van der Waals surface area contributed by atoms with Crippen molar-refractivity contribution in [3.8, 4) is 11.1 Å². The summed E-state index contributed by atoms with van der Waals surface area (Å²) in [7, 11) is 1.76. The molecule has 5 rings (SSSR count). The minimum Gasteiger partial charge on any atom is -0.453 e. The first-order chi connectivity index (χ1) is 21.8. The lowest BCUT2D eigenvalue weighted by atomic mass is 9.98. The number of aliphatic hydroxyl groups excluding tert-OH is 1. The number of esters is 1. The molecule has 0 spiro atoms. The van der Waals surface area contributed by atoms with E-state index in [0.29, 0.717) is 19.2 Å². The van der Waals surface area contributed by atoms with Gasteiger partial charge in [0.2, 0.25) is 0 Å². The Hall–Kier alpha value is -3.60. The van der Waals surface area contributed by atoms with Crippen LogP contribution in [0.2, 0.25) is 0 Å². The number of hydrogen-bond acceptors (Lipinski definition) is 8. The lowest BCUT2D eigenvalue weighted by Gasteiger charge is -2.39. The Kier molecular flexibility index (Phi) is 11.4. The molecule has 9 heteroatoms. The predicted octanol–water partition coefficient (Wildman–Crippen LogP) is 5.07. The summed E-state index contributed by atoms with van der Waals surface area (Å²) < 4.78 is 23.8. The van der Waals surface area contributed by atoms with E-state index in [9.17, 15) is 14.7 Å². The van der Waals surface area contributed by atoms with Crippen molar-refractivity contribution >= 4 is 11.9 Å². The van der Waals surface area contributed by atoms with Crippen LogP contribution in [0, 0.1) is 0 Å². The summed E-state index contributed by atoms with van der Waals surface area (Å²) >= 11 is 0. The highest BCUT2D eigenvalue weighted by Crippen LogP contribution is 2.39. The topological polar surface area (TPSA) is 107 Å².